The molecule has 2 N–H and O–H groups in total. The fraction of sp³-hybridized carbons (Fsp3) is 1.00. The van der Waals surface area contributed by atoms with E-state index in [1.54, 1.807) is 0 Å². The molecule has 0 aromatic carbocycles. The van der Waals surface area contributed by atoms with Gasteiger partial charge in [0.15, 0.2) is 0 Å². The molecule has 5 heteroatoms. The van der Waals surface area contributed by atoms with Gasteiger partial charge < -0.3 is 14.9 Å². The van der Waals surface area contributed by atoms with E-state index in [4.69, 9.17) is 4.74 Å². The minimum absolute atomic E-state index is 0.198. The molecule has 2 rings (SSSR count). The van der Waals surface area contributed by atoms with E-state index < -0.39 is 12.2 Å². The lowest BCUT2D eigenvalue weighted by Crippen LogP contribution is -2.49. The van der Waals surface area contributed by atoms with Crippen LogP contribution in [0, 0.1) is 0 Å². The van der Waals surface area contributed by atoms with E-state index >= 15 is 0 Å². The number of hydrogen-bond acceptors (Lipinski definition) is 5. The number of hydrogen-bond donors (Lipinski definition) is 2. The van der Waals surface area contributed by atoms with Crippen LogP contribution in [-0.2, 0) is 4.74 Å². The Morgan fingerprint density at radius 2 is 1.82 bits per heavy atom. The van der Waals surface area contributed by atoms with Crippen LogP contribution in [0.4, 0.5) is 0 Å². The van der Waals surface area contributed by atoms with Gasteiger partial charge in [0.2, 0.25) is 0 Å². The van der Waals surface area contributed by atoms with Crippen molar-refractivity contribution in [3.63, 3.8) is 0 Å². The molecule has 0 saturated carbocycles. The Balaban J connectivity index is 1.79. The molecule has 1 unspecified atom stereocenters. The van der Waals surface area contributed by atoms with Gasteiger partial charge in [-0.25, -0.2) is 0 Å². The Kier molecular flexibility index (Phi) is 4.38. The van der Waals surface area contributed by atoms with Crippen molar-refractivity contribution in [2.75, 3.05) is 39.3 Å². The molecule has 0 amide bonds. The number of likely N-dealkylation sites (tertiary alicyclic amines) is 1. The van der Waals surface area contributed by atoms with Gasteiger partial charge in [-0.2, -0.15) is 0 Å². The summed E-state index contributed by atoms with van der Waals surface area (Å²) in [5.74, 6) is 0. The van der Waals surface area contributed by atoms with Crippen molar-refractivity contribution >= 4 is 0 Å². The van der Waals surface area contributed by atoms with Gasteiger partial charge in [0, 0.05) is 38.8 Å². The van der Waals surface area contributed by atoms with Crippen LogP contribution in [0.1, 0.15) is 13.8 Å². The van der Waals surface area contributed by atoms with Gasteiger partial charge in [0.25, 0.3) is 0 Å². The lowest BCUT2D eigenvalue weighted by molar-refractivity contribution is -0.0509. The topological polar surface area (TPSA) is 56.2 Å². The quantitative estimate of drug-likeness (QED) is 0.676. The second-order valence-electron chi connectivity index (χ2n) is 5.43. The fourth-order valence-corrected chi connectivity index (χ4v) is 2.61. The minimum Gasteiger partial charge on any atom is -0.389 e. The maximum atomic E-state index is 9.49. The first kappa shape index (κ1) is 13.2. The number of morpholine rings is 1. The minimum atomic E-state index is -0.597. The Bertz CT molecular complexity index is 240. The maximum absolute atomic E-state index is 9.49. The first-order chi connectivity index (χ1) is 8.06. The summed E-state index contributed by atoms with van der Waals surface area (Å²) in [6.07, 6.45) is -0.997. The highest BCUT2D eigenvalue weighted by Crippen LogP contribution is 2.14. The van der Waals surface area contributed by atoms with Crippen molar-refractivity contribution in [3.05, 3.63) is 0 Å². The molecule has 2 saturated heterocycles. The average molecular weight is 244 g/mol. The van der Waals surface area contributed by atoms with E-state index in [2.05, 4.69) is 23.6 Å². The summed E-state index contributed by atoms with van der Waals surface area (Å²) in [4.78, 5) is 4.50. The number of nitrogens with zero attached hydrogens (tertiary/aromatic N) is 2. The molecule has 0 bridgehead atoms. The predicted octanol–water partition coefficient (Wildman–Crippen LogP) is -0.867. The van der Waals surface area contributed by atoms with Crippen molar-refractivity contribution < 1.29 is 14.9 Å². The Hall–Kier alpha value is -0.200. The van der Waals surface area contributed by atoms with Crippen LogP contribution in [0.2, 0.25) is 0 Å². The molecule has 5 nitrogen and oxygen atoms in total. The summed E-state index contributed by atoms with van der Waals surface area (Å²) in [6, 6.07) is 0.552. The lowest BCUT2D eigenvalue weighted by Gasteiger charge is -2.36. The highest BCUT2D eigenvalue weighted by Gasteiger charge is 2.32. The molecule has 17 heavy (non-hydrogen) atoms. The molecule has 3 atom stereocenters. The molecule has 100 valence electrons. The van der Waals surface area contributed by atoms with Crippen molar-refractivity contribution in [3.8, 4) is 0 Å². The second-order valence-corrected chi connectivity index (χ2v) is 5.43. The lowest BCUT2D eigenvalue weighted by atomic mass is 10.2. The second kappa shape index (κ2) is 5.63. The van der Waals surface area contributed by atoms with Gasteiger partial charge in [0.1, 0.15) is 0 Å². The van der Waals surface area contributed by atoms with Crippen LogP contribution in [-0.4, -0.2) is 83.7 Å². The molecule has 0 aromatic rings. The predicted molar refractivity (Wildman–Crippen MR) is 64.9 cm³/mol. The van der Waals surface area contributed by atoms with E-state index in [1.807, 2.05) is 0 Å². The standard InChI is InChI=1S/C12H24N2O3/c1-9(2)14-3-4-17-10(6-14)5-13-7-11(15)12(16)8-13/h9-12,15-16H,3-8H2,1-2H3/t10?,11-,12+. The van der Waals surface area contributed by atoms with Gasteiger partial charge in [-0.05, 0) is 13.8 Å². The van der Waals surface area contributed by atoms with E-state index in [-0.39, 0.29) is 6.10 Å². The van der Waals surface area contributed by atoms with Crippen molar-refractivity contribution in [1.82, 2.24) is 9.80 Å². The highest BCUT2D eigenvalue weighted by molar-refractivity contribution is 4.86. The van der Waals surface area contributed by atoms with Crippen molar-refractivity contribution in [2.45, 2.75) is 38.2 Å². The first-order valence-electron chi connectivity index (χ1n) is 6.50. The molecule has 2 fully saturated rings. The summed E-state index contributed by atoms with van der Waals surface area (Å²) >= 11 is 0. The molecule has 0 spiro atoms. The van der Waals surface area contributed by atoms with Crippen LogP contribution in [0.25, 0.3) is 0 Å². The Morgan fingerprint density at radius 3 is 2.41 bits per heavy atom. The zero-order valence-corrected chi connectivity index (χ0v) is 10.7. The molecule has 2 heterocycles. The molecule has 2 aliphatic rings. The monoisotopic (exact) mass is 244 g/mol. The maximum Gasteiger partial charge on any atom is 0.0938 e. The smallest absolute Gasteiger partial charge is 0.0938 e. The van der Waals surface area contributed by atoms with Crippen LogP contribution in [0.15, 0.2) is 0 Å². The number of aliphatic hydroxyl groups excluding tert-OH is 2. The normalized spacial score (nSPS) is 36.9. The molecule has 0 aliphatic carbocycles. The zero-order chi connectivity index (χ0) is 12.4. The largest absolute Gasteiger partial charge is 0.389 e. The third-order valence-corrected chi connectivity index (χ3v) is 3.70. The van der Waals surface area contributed by atoms with Crippen molar-refractivity contribution in [1.29, 1.82) is 0 Å². The number of aliphatic hydroxyl groups is 2. The van der Waals surface area contributed by atoms with E-state index in [0.717, 1.165) is 26.2 Å². The molecular formula is C12H24N2O3. The number of ether oxygens (including phenoxy) is 1. The third-order valence-electron chi connectivity index (χ3n) is 3.70. The summed E-state index contributed by atoms with van der Waals surface area (Å²) in [7, 11) is 0. The molecule has 0 aromatic heterocycles. The van der Waals surface area contributed by atoms with Crippen LogP contribution in [0.3, 0.4) is 0 Å². The number of rotatable bonds is 3. The average Bonchev–Trinajstić information content (AvgIpc) is 2.58. The van der Waals surface area contributed by atoms with Crippen LogP contribution < -0.4 is 0 Å². The van der Waals surface area contributed by atoms with Gasteiger partial charge in [-0.3, -0.25) is 9.80 Å². The van der Waals surface area contributed by atoms with E-state index in [1.165, 1.54) is 0 Å². The summed E-state index contributed by atoms with van der Waals surface area (Å²) in [5.41, 5.74) is 0. The van der Waals surface area contributed by atoms with Crippen molar-refractivity contribution in [2.24, 2.45) is 0 Å². The summed E-state index contributed by atoms with van der Waals surface area (Å²) in [5, 5.41) is 19.0. The van der Waals surface area contributed by atoms with Gasteiger partial charge >= 0.3 is 0 Å². The molecular weight excluding hydrogens is 220 g/mol. The van der Waals surface area contributed by atoms with Gasteiger partial charge in [-0.15, -0.1) is 0 Å². The molecule has 0 radical (unpaired) electrons. The SMILES string of the molecule is CC(C)N1CCOC(CN2C[C@@H](O)[C@@H](O)C2)C1. The van der Waals surface area contributed by atoms with E-state index in [9.17, 15) is 10.2 Å². The van der Waals surface area contributed by atoms with Gasteiger partial charge in [-0.1, -0.05) is 0 Å². The van der Waals surface area contributed by atoms with E-state index in [0.29, 0.717) is 19.1 Å². The van der Waals surface area contributed by atoms with Gasteiger partial charge in [0.05, 0.1) is 24.9 Å². The Labute approximate surface area is 103 Å². The fourth-order valence-electron chi connectivity index (χ4n) is 2.61. The summed E-state index contributed by atoms with van der Waals surface area (Å²) in [6.45, 7) is 9.04. The zero-order valence-electron chi connectivity index (χ0n) is 10.7. The molecule has 2 aliphatic heterocycles. The third kappa shape index (κ3) is 3.39. The summed E-state index contributed by atoms with van der Waals surface area (Å²) < 4.78 is 5.74. The Morgan fingerprint density at radius 1 is 1.18 bits per heavy atom. The van der Waals surface area contributed by atoms with Crippen LogP contribution >= 0.6 is 0 Å². The number of β-amino-alcohol motifs (C(OH)–C–C–N with tert-alkyl or cyclic N) is 2. The highest BCUT2D eigenvalue weighted by atomic mass is 16.5. The first-order valence-corrected chi connectivity index (χ1v) is 6.50. The van der Waals surface area contributed by atoms with Crippen LogP contribution in [0.5, 0.6) is 0 Å².